The number of rotatable bonds is 9. The second-order valence-corrected chi connectivity index (χ2v) is 22.7. The van der Waals surface area contributed by atoms with Crippen LogP contribution in [0.1, 0.15) is 57.9 Å². The molecule has 4 heteroatoms. The third-order valence-electron chi connectivity index (χ3n) is 16.6. The molecule has 5 aliphatic rings. The van der Waals surface area contributed by atoms with Crippen LogP contribution in [0.25, 0.3) is 11.1 Å². The minimum atomic E-state index is -1.78. The van der Waals surface area contributed by atoms with Crippen LogP contribution in [0, 0.1) is 5.92 Å². The molecule has 334 valence electrons. The minimum Gasteiger partial charge on any atom is -0.357 e. The van der Waals surface area contributed by atoms with Crippen molar-refractivity contribution in [3.63, 3.8) is 0 Å². The van der Waals surface area contributed by atoms with Gasteiger partial charge in [-0.3, -0.25) is 4.99 Å². The first-order valence-corrected chi connectivity index (χ1v) is 26.6. The molecule has 14 rings (SSSR count). The summed E-state index contributed by atoms with van der Waals surface area (Å²) >= 11 is 0. The van der Waals surface area contributed by atoms with E-state index < -0.39 is 25.3 Å². The van der Waals surface area contributed by atoms with Crippen molar-refractivity contribution in [2.45, 2.75) is 35.9 Å². The van der Waals surface area contributed by atoms with Crippen molar-refractivity contribution in [3.8, 4) is 0 Å². The molecule has 1 saturated carbocycles. The predicted octanol–water partition coefficient (Wildman–Crippen LogP) is 11.8. The average Bonchev–Trinajstić information content (AvgIpc) is 3.64. The first-order valence-electron chi connectivity index (χ1n) is 24.9. The van der Waals surface area contributed by atoms with Crippen molar-refractivity contribution >= 4 is 52.7 Å². The minimum absolute atomic E-state index is 0.0680. The summed E-state index contributed by atoms with van der Waals surface area (Å²) in [6.07, 6.45) is 3.48. The number of benzene rings is 9. The lowest BCUT2D eigenvalue weighted by Crippen LogP contribution is -2.52. The number of para-hydroxylation sites is 1. The zero-order valence-corrected chi connectivity index (χ0v) is 40.2. The molecule has 2 aliphatic heterocycles. The number of allylic oxidation sites excluding steroid dienone is 2. The highest BCUT2D eigenvalue weighted by Gasteiger charge is 2.80. The Labute approximate surface area is 412 Å². The van der Waals surface area contributed by atoms with Crippen LogP contribution in [0.5, 0.6) is 0 Å². The second-order valence-electron chi connectivity index (χ2n) is 19.8. The largest absolute Gasteiger partial charge is 0.357 e. The monoisotopic (exact) mass is 913 g/mol. The first-order chi connectivity index (χ1) is 34.6. The summed E-state index contributed by atoms with van der Waals surface area (Å²) in [7, 11) is -1.78. The Balaban J connectivity index is 0.936. The van der Waals surface area contributed by atoms with E-state index in [-0.39, 0.29) is 12.0 Å². The molecule has 2 heterocycles. The highest BCUT2D eigenvalue weighted by Crippen LogP contribution is 2.72. The molecule has 1 N–H and O–H groups in total. The average molecular weight is 914 g/mol. The molecule has 4 atom stereocenters. The Hall–Kier alpha value is -8.05. The van der Waals surface area contributed by atoms with Crippen LogP contribution in [0.3, 0.4) is 0 Å². The van der Waals surface area contributed by atoms with Gasteiger partial charge in [-0.2, -0.15) is 0 Å². The van der Waals surface area contributed by atoms with Crippen LogP contribution < -0.4 is 25.8 Å². The van der Waals surface area contributed by atoms with Gasteiger partial charge in [0, 0.05) is 28.4 Å². The molecule has 70 heavy (non-hydrogen) atoms. The van der Waals surface area contributed by atoms with Gasteiger partial charge in [0.25, 0.3) is 0 Å². The molecule has 0 radical (unpaired) electrons. The fourth-order valence-electron chi connectivity index (χ4n) is 13.6. The summed E-state index contributed by atoms with van der Waals surface area (Å²) < 4.78 is 0. The number of aliphatic imine (C=N–C) groups is 1. The smallest absolute Gasteiger partial charge is 0.132 e. The highest BCUT2D eigenvalue weighted by molar-refractivity contribution is 6.95. The maximum Gasteiger partial charge on any atom is 0.132 e. The van der Waals surface area contributed by atoms with Gasteiger partial charge in [-0.05, 0) is 74.7 Å². The first kappa shape index (κ1) is 41.0. The van der Waals surface area contributed by atoms with Gasteiger partial charge in [-0.25, -0.2) is 0 Å². The van der Waals surface area contributed by atoms with Crippen molar-refractivity contribution in [3.05, 3.63) is 305 Å². The lowest BCUT2D eigenvalue weighted by atomic mass is 9.65. The molecule has 4 unspecified atom stereocenters. The van der Waals surface area contributed by atoms with Crippen molar-refractivity contribution < 1.29 is 0 Å². The normalized spacial score (nSPS) is 22.0. The van der Waals surface area contributed by atoms with E-state index in [0.29, 0.717) is 0 Å². The number of amidine groups is 1. The quantitative estimate of drug-likeness (QED) is 0.115. The molecule has 0 spiro atoms. The van der Waals surface area contributed by atoms with E-state index in [1.807, 2.05) is 0 Å². The Morgan fingerprint density at radius 1 is 0.514 bits per heavy atom. The van der Waals surface area contributed by atoms with E-state index in [1.54, 1.807) is 0 Å². The fraction of sp³-hybridized carbons (Fsp3) is 0.106. The predicted molar refractivity (Wildman–Crippen MR) is 292 cm³/mol. The molecule has 3 aliphatic carbocycles. The summed E-state index contributed by atoms with van der Waals surface area (Å²) in [5.74, 6) is 1.16. The van der Waals surface area contributed by atoms with E-state index >= 15 is 0 Å². The van der Waals surface area contributed by atoms with Crippen LogP contribution in [-0.4, -0.2) is 20.7 Å². The summed E-state index contributed by atoms with van der Waals surface area (Å²) in [6, 6.07) is 92.8. The molecule has 9 aromatic rings. The van der Waals surface area contributed by atoms with Gasteiger partial charge in [-0.15, -0.1) is 0 Å². The molecular weight excluding hydrogens is 863 g/mol. The van der Waals surface area contributed by atoms with Gasteiger partial charge >= 0.3 is 0 Å². The fourth-order valence-corrected chi connectivity index (χ4v) is 16.6. The van der Waals surface area contributed by atoms with Crippen molar-refractivity contribution in [1.82, 2.24) is 5.32 Å². The zero-order valence-electron chi connectivity index (χ0n) is 39.1. The van der Waals surface area contributed by atoms with Gasteiger partial charge in [0.1, 0.15) is 20.2 Å². The van der Waals surface area contributed by atoms with E-state index in [4.69, 9.17) is 4.99 Å². The number of hydrogen-bond acceptors (Lipinski definition) is 3. The standard InChI is InChI=1S/C66H51N3Si/c1-45-65(50-28-11-4-12-29-50)66(45,68-63(67-65)46-23-21-36-55(41-46)70(53-32-13-5-14-33-53)54-34-15-6-16-35-54)51-30-22-31-52(44-51)69-60-40-20-18-37-56(60)47-42-59-62(61(69)43-47)57-38-17-19-39-58(57)64(59,48-24-7-2-8-25-48)49-26-9-3-10-27-49/h2-42,44-45,61,70H,43H2,1H3,(H,67,68). The maximum absolute atomic E-state index is 5.96. The summed E-state index contributed by atoms with van der Waals surface area (Å²) in [5, 5.41) is 8.38. The topological polar surface area (TPSA) is 27.6 Å². The van der Waals surface area contributed by atoms with Crippen molar-refractivity contribution in [2.24, 2.45) is 10.9 Å². The van der Waals surface area contributed by atoms with Crippen LogP contribution in [0.2, 0.25) is 0 Å². The Morgan fingerprint density at radius 2 is 1.06 bits per heavy atom. The molecule has 0 amide bonds. The zero-order chi connectivity index (χ0) is 46.4. The second kappa shape index (κ2) is 15.7. The van der Waals surface area contributed by atoms with Crippen molar-refractivity contribution in [1.29, 1.82) is 0 Å². The van der Waals surface area contributed by atoms with Gasteiger partial charge in [0.2, 0.25) is 0 Å². The molecule has 1 fully saturated rings. The summed E-state index contributed by atoms with van der Waals surface area (Å²) in [5.41, 5.74) is 15.4. The van der Waals surface area contributed by atoms with Crippen LogP contribution >= 0.6 is 0 Å². The Kier molecular flexibility index (Phi) is 9.21. The van der Waals surface area contributed by atoms with E-state index in [9.17, 15) is 0 Å². The van der Waals surface area contributed by atoms with E-state index in [0.717, 1.165) is 17.8 Å². The van der Waals surface area contributed by atoms with Gasteiger partial charge in [0.05, 0.1) is 17.0 Å². The maximum atomic E-state index is 5.96. The number of nitrogens with one attached hydrogen (secondary N) is 1. The van der Waals surface area contributed by atoms with Gasteiger partial charge < -0.3 is 10.2 Å². The molecule has 9 aromatic carbocycles. The molecular formula is C66H51N3Si. The van der Waals surface area contributed by atoms with Gasteiger partial charge in [0.15, 0.2) is 0 Å². The van der Waals surface area contributed by atoms with E-state index in [2.05, 4.69) is 272 Å². The SMILES string of the molecule is CC1C2(c3cccc(N4c5ccccc5C5=CC6=C(c7ccccc7C6(c6ccccc6)c6ccccc6)C4C5)c3)N=C(c3cccc([SiH](c4ccccc4)c4ccccc4)c3)NC12c1ccccc1. The third-order valence-corrected chi connectivity index (χ3v) is 19.7. The Morgan fingerprint density at radius 3 is 1.73 bits per heavy atom. The van der Waals surface area contributed by atoms with Crippen molar-refractivity contribution in [2.75, 3.05) is 4.90 Å². The summed E-state index contributed by atoms with van der Waals surface area (Å²) in [6.45, 7) is 2.39. The number of hydrogen-bond donors (Lipinski definition) is 1. The van der Waals surface area contributed by atoms with Crippen LogP contribution in [-0.2, 0) is 16.5 Å². The Bertz CT molecular complexity index is 3510. The number of fused-ring (bicyclic) bond motifs is 8. The lowest BCUT2D eigenvalue weighted by molar-refractivity contribution is 0.560. The lowest BCUT2D eigenvalue weighted by Gasteiger charge is -2.45. The number of anilines is 2. The summed E-state index contributed by atoms with van der Waals surface area (Å²) in [4.78, 5) is 8.63. The number of nitrogens with zero attached hydrogens (tertiary/aromatic N) is 2. The van der Waals surface area contributed by atoms with Crippen LogP contribution in [0.15, 0.2) is 265 Å². The van der Waals surface area contributed by atoms with E-state index in [1.165, 1.54) is 82.6 Å². The molecule has 3 nitrogen and oxygen atoms in total. The van der Waals surface area contributed by atoms with Gasteiger partial charge in [-0.1, -0.05) is 259 Å². The molecule has 0 aromatic heterocycles. The highest BCUT2D eigenvalue weighted by atomic mass is 28.3. The molecule has 2 bridgehead atoms. The molecule has 0 saturated heterocycles. The van der Waals surface area contributed by atoms with Crippen LogP contribution in [0.4, 0.5) is 11.4 Å². The third kappa shape index (κ3) is 5.71.